The molecule has 1 aromatic heterocycles. The number of benzene rings is 1. The van der Waals surface area contributed by atoms with Crippen molar-refractivity contribution in [3.63, 3.8) is 0 Å². The Hall–Kier alpha value is -2.17. The number of terminal acetylenes is 1. The molecule has 2 aromatic rings. The van der Waals surface area contributed by atoms with Gasteiger partial charge in [0.2, 0.25) is 11.7 Å². The van der Waals surface area contributed by atoms with E-state index in [-0.39, 0.29) is 17.5 Å². The van der Waals surface area contributed by atoms with E-state index in [2.05, 4.69) is 16.1 Å². The Bertz CT molecular complexity index is 867. The third kappa shape index (κ3) is 3.83. The van der Waals surface area contributed by atoms with Crippen LogP contribution in [0.4, 0.5) is 0 Å². The molecular weight excluding hydrogens is 326 g/mol. The molecule has 0 bridgehead atoms. The summed E-state index contributed by atoms with van der Waals surface area (Å²) in [5.74, 6) is 3.88. The van der Waals surface area contributed by atoms with Crippen molar-refractivity contribution in [2.24, 2.45) is 0 Å². The molecule has 0 saturated carbocycles. The molecule has 1 aromatic carbocycles. The van der Waals surface area contributed by atoms with Gasteiger partial charge in [-0.05, 0) is 19.4 Å². The lowest BCUT2D eigenvalue weighted by molar-refractivity contribution is 0.199. The van der Waals surface area contributed by atoms with Gasteiger partial charge in [-0.25, -0.2) is 8.42 Å². The van der Waals surface area contributed by atoms with E-state index in [4.69, 9.17) is 10.9 Å². The fourth-order valence-electron chi connectivity index (χ4n) is 2.89. The molecule has 24 heavy (non-hydrogen) atoms. The smallest absolute Gasteiger partial charge is 0.241 e. The average Bonchev–Trinajstić information content (AvgIpc) is 3.13. The first kappa shape index (κ1) is 16.7. The number of rotatable bonds is 5. The quantitative estimate of drug-likeness (QED) is 0.767. The Kier molecular flexibility index (Phi) is 4.69. The summed E-state index contributed by atoms with van der Waals surface area (Å²) in [6.07, 6.45) is 6.01. The third-order valence-electron chi connectivity index (χ3n) is 4.10. The highest BCUT2D eigenvalue weighted by atomic mass is 32.2. The third-order valence-corrected chi connectivity index (χ3v) is 5.85. The van der Waals surface area contributed by atoms with E-state index in [9.17, 15) is 8.42 Å². The maximum Gasteiger partial charge on any atom is 0.241 e. The van der Waals surface area contributed by atoms with Crippen LogP contribution in [0, 0.1) is 19.3 Å². The van der Waals surface area contributed by atoms with Crippen LogP contribution in [0.3, 0.4) is 0 Å². The summed E-state index contributed by atoms with van der Waals surface area (Å²) < 4.78 is 28.7. The van der Waals surface area contributed by atoms with E-state index >= 15 is 0 Å². The number of hydrogen-bond acceptors (Lipinski definition) is 6. The van der Waals surface area contributed by atoms with Crippen LogP contribution < -0.4 is 0 Å². The van der Waals surface area contributed by atoms with E-state index < -0.39 is 9.84 Å². The van der Waals surface area contributed by atoms with Crippen LogP contribution in [0.25, 0.3) is 11.4 Å². The van der Waals surface area contributed by atoms with Crippen LogP contribution in [0.15, 0.2) is 28.8 Å². The number of hydrogen-bond donors (Lipinski definition) is 0. The fourth-order valence-corrected chi connectivity index (χ4v) is 4.65. The van der Waals surface area contributed by atoms with Crippen molar-refractivity contribution < 1.29 is 12.9 Å². The molecule has 3 rings (SSSR count). The van der Waals surface area contributed by atoms with E-state index in [0.29, 0.717) is 31.2 Å². The molecular formula is C17H19N3O3S. The van der Waals surface area contributed by atoms with Crippen LogP contribution >= 0.6 is 0 Å². The number of aromatic nitrogens is 2. The Morgan fingerprint density at radius 1 is 1.46 bits per heavy atom. The highest BCUT2D eigenvalue weighted by Gasteiger charge is 2.32. The van der Waals surface area contributed by atoms with Crippen LogP contribution in [-0.4, -0.2) is 47.6 Å². The van der Waals surface area contributed by atoms with Gasteiger partial charge >= 0.3 is 0 Å². The van der Waals surface area contributed by atoms with Crippen LogP contribution in [0.5, 0.6) is 0 Å². The number of nitrogens with zero attached hydrogens (tertiary/aromatic N) is 3. The average molecular weight is 345 g/mol. The maximum atomic E-state index is 11.7. The van der Waals surface area contributed by atoms with Crippen LogP contribution in [0.1, 0.15) is 17.9 Å². The summed E-state index contributed by atoms with van der Waals surface area (Å²) in [5, 5.41) is 4.01. The number of aryl methyl sites for hydroxylation is 1. The first-order chi connectivity index (χ1) is 11.5. The predicted molar refractivity (Wildman–Crippen MR) is 90.8 cm³/mol. The van der Waals surface area contributed by atoms with Gasteiger partial charge in [0, 0.05) is 11.6 Å². The second-order valence-corrected chi connectivity index (χ2v) is 8.28. The first-order valence-corrected chi connectivity index (χ1v) is 9.56. The minimum absolute atomic E-state index is 0.0969. The minimum Gasteiger partial charge on any atom is -0.338 e. The van der Waals surface area contributed by atoms with Gasteiger partial charge in [0.25, 0.3) is 0 Å². The van der Waals surface area contributed by atoms with Gasteiger partial charge in [-0.3, -0.25) is 4.90 Å². The zero-order chi connectivity index (χ0) is 17.2. The van der Waals surface area contributed by atoms with Crippen LogP contribution in [-0.2, 0) is 16.4 Å². The fraction of sp³-hybridized carbons (Fsp3) is 0.412. The largest absolute Gasteiger partial charge is 0.338 e. The molecule has 6 nitrogen and oxygen atoms in total. The molecule has 1 aliphatic rings. The molecule has 1 aliphatic heterocycles. The summed E-state index contributed by atoms with van der Waals surface area (Å²) >= 11 is 0. The van der Waals surface area contributed by atoms with Gasteiger partial charge in [-0.2, -0.15) is 4.98 Å². The molecule has 2 heterocycles. The van der Waals surface area contributed by atoms with Gasteiger partial charge in [0.15, 0.2) is 9.84 Å². The lowest BCUT2D eigenvalue weighted by atomic mass is 10.1. The van der Waals surface area contributed by atoms with Crippen molar-refractivity contribution in [2.75, 3.05) is 18.1 Å². The summed E-state index contributed by atoms with van der Waals surface area (Å²) in [5.41, 5.74) is 2.00. The maximum absolute atomic E-state index is 11.7. The van der Waals surface area contributed by atoms with E-state index in [1.54, 1.807) is 0 Å². The Morgan fingerprint density at radius 2 is 2.29 bits per heavy atom. The van der Waals surface area contributed by atoms with Crippen molar-refractivity contribution in [3.8, 4) is 23.7 Å². The van der Waals surface area contributed by atoms with E-state index in [1.807, 2.05) is 36.1 Å². The van der Waals surface area contributed by atoms with Gasteiger partial charge in [0.05, 0.1) is 24.6 Å². The zero-order valence-corrected chi connectivity index (χ0v) is 14.3. The molecule has 1 fully saturated rings. The standard InChI is InChI=1S/C17H19N3O3S/c1-3-8-20(15-7-9-24(21,22)12-15)11-16-18-17(19-23-16)14-6-4-5-13(2)10-14/h1,4-6,10,15H,7-9,11-12H2,2H3. The Morgan fingerprint density at radius 3 is 2.96 bits per heavy atom. The topological polar surface area (TPSA) is 76.3 Å². The lowest BCUT2D eigenvalue weighted by Gasteiger charge is -2.23. The van der Waals surface area contributed by atoms with Crippen molar-refractivity contribution in [1.29, 1.82) is 0 Å². The lowest BCUT2D eigenvalue weighted by Crippen LogP contribution is -2.36. The van der Waals surface area contributed by atoms with E-state index in [0.717, 1.165) is 11.1 Å². The normalized spacial score (nSPS) is 19.5. The van der Waals surface area contributed by atoms with E-state index in [1.165, 1.54) is 0 Å². The van der Waals surface area contributed by atoms with Gasteiger partial charge in [-0.1, -0.05) is 34.8 Å². The second kappa shape index (κ2) is 6.75. The molecule has 1 atom stereocenters. The molecule has 0 N–H and O–H groups in total. The molecule has 7 heteroatoms. The van der Waals surface area contributed by atoms with Gasteiger partial charge in [-0.15, -0.1) is 6.42 Å². The summed E-state index contributed by atoms with van der Waals surface area (Å²) in [6.45, 7) is 2.70. The highest BCUT2D eigenvalue weighted by molar-refractivity contribution is 7.91. The van der Waals surface area contributed by atoms with Crippen molar-refractivity contribution in [3.05, 3.63) is 35.7 Å². The molecule has 126 valence electrons. The van der Waals surface area contributed by atoms with Crippen molar-refractivity contribution in [1.82, 2.24) is 15.0 Å². The van der Waals surface area contributed by atoms with Crippen LogP contribution in [0.2, 0.25) is 0 Å². The zero-order valence-electron chi connectivity index (χ0n) is 13.5. The first-order valence-electron chi connectivity index (χ1n) is 7.74. The summed E-state index contributed by atoms with van der Waals surface area (Å²) in [4.78, 5) is 6.33. The molecule has 1 unspecified atom stereocenters. The van der Waals surface area contributed by atoms with Crippen molar-refractivity contribution >= 4 is 9.84 Å². The molecule has 0 radical (unpaired) electrons. The Labute approximate surface area is 141 Å². The molecule has 0 amide bonds. The van der Waals surface area contributed by atoms with Gasteiger partial charge in [0.1, 0.15) is 0 Å². The highest BCUT2D eigenvalue weighted by Crippen LogP contribution is 2.21. The SMILES string of the molecule is C#CCN(Cc1nc(-c2cccc(C)c2)no1)C1CCS(=O)(=O)C1. The molecule has 0 aliphatic carbocycles. The van der Waals surface area contributed by atoms with Crippen molar-refractivity contribution in [2.45, 2.75) is 25.9 Å². The summed E-state index contributed by atoms with van der Waals surface area (Å²) in [6, 6.07) is 7.75. The van der Waals surface area contributed by atoms with Gasteiger partial charge < -0.3 is 4.52 Å². The molecule has 1 saturated heterocycles. The minimum atomic E-state index is -2.97. The Balaban J connectivity index is 1.75. The number of sulfone groups is 1. The monoisotopic (exact) mass is 345 g/mol. The molecule has 0 spiro atoms. The predicted octanol–water partition coefficient (Wildman–Crippen LogP) is 1.67. The second-order valence-electron chi connectivity index (χ2n) is 6.05. The summed E-state index contributed by atoms with van der Waals surface area (Å²) in [7, 11) is -2.97.